The third kappa shape index (κ3) is 1.84. The molecule has 1 amide bonds. The van der Waals surface area contributed by atoms with Crippen LogP contribution in [-0.4, -0.2) is 23.9 Å². The van der Waals surface area contributed by atoms with Gasteiger partial charge in [0.1, 0.15) is 0 Å². The Labute approximate surface area is 97.3 Å². The molecule has 1 aliphatic heterocycles. The predicted octanol–water partition coefficient (Wildman–Crippen LogP) is 3.05. The highest BCUT2D eigenvalue weighted by molar-refractivity contribution is 5.96. The van der Waals surface area contributed by atoms with Gasteiger partial charge in [-0.25, -0.2) is 0 Å². The molecule has 0 N–H and O–H groups in total. The molecule has 0 aliphatic carbocycles. The van der Waals surface area contributed by atoms with Crippen molar-refractivity contribution in [2.45, 2.75) is 32.6 Å². The predicted molar refractivity (Wildman–Crippen MR) is 65.7 cm³/mol. The summed E-state index contributed by atoms with van der Waals surface area (Å²) in [6.07, 6.45) is 2.20. The SMILES string of the molecule is CCC1CCN(CC)C(=O)c2ccccc21. The molecule has 0 fully saturated rings. The van der Waals surface area contributed by atoms with E-state index in [0.717, 1.165) is 31.5 Å². The molecule has 1 atom stereocenters. The molecule has 0 radical (unpaired) electrons. The van der Waals surface area contributed by atoms with Gasteiger partial charge in [0.2, 0.25) is 0 Å². The lowest BCUT2D eigenvalue weighted by molar-refractivity contribution is 0.0768. The Morgan fingerprint density at radius 2 is 2.06 bits per heavy atom. The van der Waals surface area contributed by atoms with Gasteiger partial charge in [0.15, 0.2) is 0 Å². The molecule has 1 aromatic carbocycles. The van der Waals surface area contributed by atoms with Crippen molar-refractivity contribution in [2.24, 2.45) is 0 Å². The number of carbonyl (C=O) groups excluding carboxylic acids is 1. The number of benzene rings is 1. The quantitative estimate of drug-likeness (QED) is 0.745. The van der Waals surface area contributed by atoms with Crippen molar-refractivity contribution in [1.82, 2.24) is 4.90 Å². The number of nitrogens with zero attached hydrogens (tertiary/aromatic N) is 1. The van der Waals surface area contributed by atoms with Crippen LogP contribution in [0.15, 0.2) is 24.3 Å². The van der Waals surface area contributed by atoms with E-state index in [0.29, 0.717) is 5.92 Å². The van der Waals surface area contributed by atoms with E-state index in [1.807, 2.05) is 30.0 Å². The molecule has 1 aliphatic rings. The Balaban J connectivity index is 2.45. The van der Waals surface area contributed by atoms with Crippen LogP contribution in [0.4, 0.5) is 0 Å². The van der Waals surface area contributed by atoms with Crippen LogP contribution in [0.25, 0.3) is 0 Å². The summed E-state index contributed by atoms with van der Waals surface area (Å²) in [4.78, 5) is 14.2. The van der Waals surface area contributed by atoms with Gasteiger partial charge in [-0.2, -0.15) is 0 Å². The van der Waals surface area contributed by atoms with Gasteiger partial charge < -0.3 is 4.90 Å². The Hall–Kier alpha value is -1.31. The Morgan fingerprint density at radius 1 is 1.31 bits per heavy atom. The number of hydrogen-bond donors (Lipinski definition) is 0. The summed E-state index contributed by atoms with van der Waals surface area (Å²) in [5, 5.41) is 0. The van der Waals surface area contributed by atoms with E-state index in [1.54, 1.807) is 0 Å². The molecule has 2 heteroatoms. The van der Waals surface area contributed by atoms with Gasteiger partial charge in [0, 0.05) is 18.7 Å². The van der Waals surface area contributed by atoms with Gasteiger partial charge in [-0.15, -0.1) is 0 Å². The molecule has 0 saturated heterocycles. The van der Waals surface area contributed by atoms with E-state index in [4.69, 9.17) is 0 Å². The second-order valence-electron chi connectivity index (χ2n) is 4.37. The van der Waals surface area contributed by atoms with Crippen LogP contribution >= 0.6 is 0 Å². The molecule has 0 saturated carbocycles. The highest BCUT2D eigenvalue weighted by Crippen LogP contribution is 2.30. The standard InChI is InChI=1S/C14H19NO/c1-3-11-9-10-15(4-2)14(16)13-8-6-5-7-12(11)13/h5-8,11H,3-4,9-10H2,1-2H3. The van der Waals surface area contributed by atoms with Crippen LogP contribution in [-0.2, 0) is 0 Å². The van der Waals surface area contributed by atoms with E-state index in [2.05, 4.69) is 13.0 Å². The van der Waals surface area contributed by atoms with Crippen molar-refractivity contribution in [2.75, 3.05) is 13.1 Å². The second-order valence-corrected chi connectivity index (χ2v) is 4.37. The van der Waals surface area contributed by atoms with E-state index >= 15 is 0 Å². The monoisotopic (exact) mass is 217 g/mol. The molecule has 16 heavy (non-hydrogen) atoms. The minimum absolute atomic E-state index is 0.203. The zero-order valence-electron chi connectivity index (χ0n) is 10.1. The molecule has 2 rings (SSSR count). The highest BCUT2D eigenvalue weighted by Gasteiger charge is 2.25. The first-order chi connectivity index (χ1) is 7.77. The molecule has 1 aromatic rings. The molecule has 0 spiro atoms. The molecule has 0 aromatic heterocycles. The van der Waals surface area contributed by atoms with Crippen molar-refractivity contribution in [3.8, 4) is 0 Å². The summed E-state index contributed by atoms with van der Waals surface area (Å²) in [6.45, 7) is 5.95. The number of fused-ring (bicyclic) bond motifs is 1. The van der Waals surface area contributed by atoms with Crippen molar-refractivity contribution in [3.63, 3.8) is 0 Å². The second kappa shape index (κ2) is 4.69. The van der Waals surface area contributed by atoms with Crippen LogP contribution in [0.2, 0.25) is 0 Å². The first-order valence-electron chi connectivity index (χ1n) is 6.16. The minimum Gasteiger partial charge on any atom is -0.339 e. The zero-order valence-corrected chi connectivity index (χ0v) is 10.1. The maximum atomic E-state index is 12.3. The topological polar surface area (TPSA) is 20.3 Å². The van der Waals surface area contributed by atoms with Gasteiger partial charge in [0.05, 0.1) is 0 Å². The lowest BCUT2D eigenvalue weighted by Crippen LogP contribution is -2.30. The van der Waals surface area contributed by atoms with Crippen LogP contribution < -0.4 is 0 Å². The van der Waals surface area contributed by atoms with Crippen molar-refractivity contribution < 1.29 is 4.79 Å². The molecular weight excluding hydrogens is 198 g/mol. The van der Waals surface area contributed by atoms with E-state index in [9.17, 15) is 4.79 Å². The average molecular weight is 217 g/mol. The zero-order chi connectivity index (χ0) is 11.5. The normalized spacial score (nSPS) is 20.5. The van der Waals surface area contributed by atoms with Gasteiger partial charge in [-0.1, -0.05) is 25.1 Å². The fourth-order valence-electron chi connectivity index (χ4n) is 2.51. The molecule has 0 bridgehead atoms. The Bertz CT molecular complexity index is 386. The summed E-state index contributed by atoms with van der Waals surface area (Å²) in [6, 6.07) is 8.08. The van der Waals surface area contributed by atoms with Gasteiger partial charge in [0.25, 0.3) is 5.91 Å². The third-order valence-corrected chi connectivity index (χ3v) is 3.54. The van der Waals surface area contributed by atoms with Crippen molar-refractivity contribution >= 4 is 5.91 Å². The lowest BCUT2D eigenvalue weighted by atomic mass is 9.90. The number of hydrogen-bond acceptors (Lipinski definition) is 1. The number of amides is 1. The summed E-state index contributed by atoms with van der Waals surface area (Å²) in [5.41, 5.74) is 2.15. The van der Waals surface area contributed by atoms with E-state index in [1.165, 1.54) is 5.56 Å². The molecule has 1 heterocycles. The summed E-state index contributed by atoms with van der Waals surface area (Å²) < 4.78 is 0. The minimum atomic E-state index is 0.203. The Morgan fingerprint density at radius 3 is 2.75 bits per heavy atom. The van der Waals surface area contributed by atoms with Gasteiger partial charge in [-0.3, -0.25) is 4.79 Å². The molecule has 1 unspecified atom stereocenters. The fraction of sp³-hybridized carbons (Fsp3) is 0.500. The van der Waals surface area contributed by atoms with Crippen LogP contribution in [0.1, 0.15) is 48.5 Å². The van der Waals surface area contributed by atoms with E-state index < -0.39 is 0 Å². The maximum absolute atomic E-state index is 12.3. The van der Waals surface area contributed by atoms with Crippen LogP contribution in [0, 0.1) is 0 Å². The van der Waals surface area contributed by atoms with Crippen LogP contribution in [0.5, 0.6) is 0 Å². The Kier molecular flexibility index (Phi) is 3.28. The highest BCUT2D eigenvalue weighted by atomic mass is 16.2. The maximum Gasteiger partial charge on any atom is 0.254 e. The summed E-state index contributed by atoms with van der Waals surface area (Å²) in [5.74, 6) is 0.741. The first kappa shape index (κ1) is 11.2. The smallest absolute Gasteiger partial charge is 0.254 e. The number of carbonyl (C=O) groups is 1. The molecule has 2 nitrogen and oxygen atoms in total. The van der Waals surface area contributed by atoms with E-state index in [-0.39, 0.29) is 5.91 Å². The third-order valence-electron chi connectivity index (χ3n) is 3.54. The van der Waals surface area contributed by atoms with Crippen molar-refractivity contribution in [3.05, 3.63) is 35.4 Å². The largest absolute Gasteiger partial charge is 0.339 e. The van der Waals surface area contributed by atoms with Crippen molar-refractivity contribution in [1.29, 1.82) is 0 Å². The average Bonchev–Trinajstić information content (AvgIpc) is 2.47. The first-order valence-corrected chi connectivity index (χ1v) is 6.16. The fourth-order valence-corrected chi connectivity index (χ4v) is 2.51. The molecule has 86 valence electrons. The van der Waals surface area contributed by atoms with Crippen LogP contribution in [0.3, 0.4) is 0 Å². The van der Waals surface area contributed by atoms with Gasteiger partial charge >= 0.3 is 0 Å². The molecular formula is C14H19NO. The van der Waals surface area contributed by atoms with Gasteiger partial charge in [-0.05, 0) is 37.3 Å². The summed E-state index contributed by atoms with van der Waals surface area (Å²) >= 11 is 0. The number of rotatable bonds is 2. The summed E-state index contributed by atoms with van der Waals surface area (Å²) in [7, 11) is 0. The lowest BCUT2D eigenvalue weighted by Gasteiger charge is -2.18.